The average molecular weight is 259 g/mol. The van der Waals surface area contributed by atoms with E-state index in [1.807, 2.05) is 36.4 Å². The van der Waals surface area contributed by atoms with E-state index in [0.29, 0.717) is 12.8 Å². The number of ether oxygens (including phenoxy) is 1. The summed E-state index contributed by atoms with van der Waals surface area (Å²) in [6, 6.07) is 11.5. The van der Waals surface area contributed by atoms with Crippen molar-refractivity contribution in [2.45, 2.75) is 12.8 Å². The van der Waals surface area contributed by atoms with Crippen molar-refractivity contribution < 1.29 is 14.6 Å². The number of hydrogen-bond acceptors (Lipinski definition) is 3. The minimum absolute atomic E-state index is 0.0327. The zero-order valence-electron chi connectivity index (χ0n) is 10.8. The summed E-state index contributed by atoms with van der Waals surface area (Å²) in [5, 5.41) is 13.6. The van der Waals surface area contributed by atoms with Crippen LogP contribution in [0, 0.1) is 0 Å². The normalized spacial score (nSPS) is 10.4. The lowest BCUT2D eigenvalue weighted by Gasteiger charge is -2.07. The Bertz CT molecular complexity index is 581. The van der Waals surface area contributed by atoms with Gasteiger partial charge < -0.3 is 15.2 Å². The molecule has 1 amide bonds. The number of carbonyl (C=O) groups excluding carboxylic acids is 1. The summed E-state index contributed by atoms with van der Waals surface area (Å²) < 4.78 is 5.17. The molecule has 2 aromatic carbocycles. The van der Waals surface area contributed by atoms with Crippen LogP contribution in [0.1, 0.15) is 12.8 Å². The summed E-state index contributed by atoms with van der Waals surface area (Å²) in [6.07, 6.45) is 0.813. The van der Waals surface area contributed by atoms with Crippen molar-refractivity contribution >= 4 is 22.4 Å². The number of methoxy groups -OCH3 is 1. The Morgan fingerprint density at radius 2 is 1.95 bits per heavy atom. The van der Waals surface area contributed by atoms with Crippen LogP contribution in [0.4, 0.5) is 5.69 Å². The summed E-state index contributed by atoms with van der Waals surface area (Å²) in [5.41, 5.74) is 0.764. The number of nitrogens with one attached hydrogen (secondary N) is 1. The second-order valence-electron chi connectivity index (χ2n) is 4.30. The number of anilines is 1. The molecule has 0 spiro atoms. The Morgan fingerprint density at radius 1 is 1.21 bits per heavy atom. The molecule has 0 unspecified atom stereocenters. The van der Waals surface area contributed by atoms with Gasteiger partial charge in [0.05, 0.1) is 7.11 Å². The molecule has 0 heterocycles. The minimum Gasteiger partial charge on any atom is -0.497 e. The van der Waals surface area contributed by atoms with Gasteiger partial charge in [0, 0.05) is 18.7 Å². The molecule has 19 heavy (non-hydrogen) atoms. The fourth-order valence-corrected chi connectivity index (χ4v) is 1.89. The standard InChI is InChI=1S/C15H17NO3/c1-19-14-7-5-11-9-13(6-4-12(11)10-14)16-15(18)3-2-8-17/h4-7,9-10,17H,2-3,8H2,1H3,(H,16,18). The molecule has 0 aliphatic rings. The highest BCUT2D eigenvalue weighted by Gasteiger charge is 2.03. The predicted octanol–water partition coefficient (Wildman–Crippen LogP) is 2.56. The summed E-state index contributed by atoms with van der Waals surface area (Å²) in [7, 11) is 1.64. The zero-order chi connectivity index (χ0) is 13.7. The Balaban J connectivity index is 2.15. The van der Waals surface area contributed by atoms with Gasteiger partial charge in [-0.2, -0.15) is 0 Å². The van der Waals surface area contributed by atoms with Crippen LogP contribution in [0.25, 0.3) is 10.8 Å². The number of amides is 1. The third-order valence-corrected chi connectivity index (χ3v) is 2.89. The van der Waals surface area contributed by atoms with Crippen molar-refractivity contribution in [3.8, 4) is 5.75 Å². The molecule has 0 radical (unpaired) electrons. The topological polar surface area (TPSA) is 58.6 Å². The Morgan fingerprint density at radius 3 is 2.68 bits per heavy atom. The van der Waals surface area contributed by atoms with Crippen LogP contribution in [0.5, 0.6) is 5.75 Å². The number of fused-ring (bicyclic) bond motifs is 1. The first kappa shape index (κ1) is 13.4. The van der Waals surface area contributed by atoms with E-state index in [1.165, 1.54) is 0 Å². The summed E-state index contributed by atoms with van der Waals surface area (Å²) in [6.45, 7) is 0.0327. The van der Waals surface area contributed by atoms with Crippen LogP contribution in [-0.2, 0) is 4.79 Å². The van der Waals surface area contributed by atoms with Crippen LogP contribution >= 0.6 is 0 Å². The van der Waals surface area contributed by atoms with Gasteiger partial charge in [0.25, 0.3) is 0 Å². The fraction of sp³-hybridized carbons (Fsp3) is 0.267. The van der Waals surface area contributed by atoms with Gasteiger partial charge in [-0.1, -0.05) is 12.1 Å². The Labute approximate surface area is 112 Å². The largest absolute Gasteiger partial charge is 0.497 e. The molecule has 0 saturated carbocycles. The second-order valence-corrected chi connectivity index (χ2v) is 4.30. The molecule has 4 nitrogen and oxygen atoms in total. The van der Waals surface area contributed by atoms with E-state index in [2.05, 4.69) is 5.32 Å². The molecule has 100 valence electrons. The number of aliphatic hydroxyl groups excluding tert-OH is 1. The first-order valence-electron chi connectivity index (χ1n) is 6.21. The molecule has 0 fully saturated rings. The Hall–Kier alpha value is -2.07. The maximum Gasteiger partial charge on any atom is 0.224 e. The lowest BCUT2D eigenvalue weighted by molar-refractivity contribution is -0.116. The summed E-state index contributed by atoms with van der Waals surface area (Å²) >= 11 is 0. The number of hydrogen-bond donors (Lipinski definition) is 2. The highest BCUT2D eigenvalue weighted by atomic mass is 16.5. The monoisotopic (exact) mass is 259 g/mol. The summed E-state index contributed by atoms with van der Waals surface area (Å²) in [4.78, 5) is 11.6. The molecule has 0 aliphatic carbocycles. The van der Waals surface area contributed by atoms with Crippen molar-refractivity contribution in [2.24, 2.45) is 0 Å². The highest BCUT2D eigenvalue weighted by Crippen LogP contribution is 2.23. The van der Waals surface area contributed by atoms with Crippen LogP contribution in [0.3, 0.4) is 0 Å². The van der Waals surface area contributed by atoms with E-state index in [-0.39, 0.29) is 12.5 Å². The maximum absolute atomic E-state index is 11.6. The molecule has 0 aromatic heterocycles. The van der Waals surface area contributed by atoms with Gasteiger partial charge in [-0.05, 0) is 41.5 Å². The fourth-order valence-electron chi connectivity index (χ4n) is 1.89. The number of carbonyl (C=O) groups is 1. The van der Waals surface area contributed by atoms with Gasteiger partial charge in [0.1, 0.15) is 5.75 Å². The minimum atomic E-state index is -0.0816. The van der Waals surface area contributed by atoms with Crippen LogP contribution in [0.2, 0.25) is 0 Å². The first-order valence-corrected chi connectivity index (χ1v) is 6.21. The number of aliphatic hydroxyl groups is 1. The molecule has 2 rings (SSSR count). The van der Waals surface area contributed by atoms with Crippen molar-refractivity contribution in [1.29, 1.82) is 0 Å². The van der Waals surface area contributed by atoms with Gasteiger partial charge in [-0.15, -0.1) is 0 Å². The quantitative estimate of drug-likeness (QED) is 0.867. The van der Waals surface area contributed by atoms with Gasteiger partial charge in [0.2, 0.25) is 5.91 Å². The molecular formula is C15H17NO3. The van der Waals surface area contributed by atoms with Gasteiger partial charge in [-0.25, -0.2) is 0 Å². The van der Waals surface area contributed by atoms with E-state index in [4.69, 9.17) is 9.84 Å². The molecule has 2 N–H and O–H groups in total. The van der Waals surface area contributed by atoms with E-state index in [0.717, 1.165) is 22.2 Å². The van der Waals surface area contributed by atoms with Gasteiger partial charge in [-0.3, -0.25) is 4.79 Å². The molecule has 0 bridgehead atoms. The average Bonchev–Trinajstić information content (AvgIpc) is 2.44. The number of rotatable bonds is 5. The van der Waals surface area contributed by atoms with Crippen molar-refractivity contribution in [3.63, 3.8) is 0 Å². The summed E-state index contributed by atoms with van der Waals surface area (Å²) in [5.74, 6) is 0.731. The predicted molar refractivity (Wildman–Crippen MR) is 75.4 cm³/mol. The second kappa shape index (κ2) is 6.20. The van der Waals surface area contributed by atoms with Crippen LogP contribution in [0.15, 0.2) is 36.4 Å². The van der Waals surface area contributed by atoms with Crippen molar-refractivity contribution in [3.05, 3.63) is 36.4 Å². The molecule has 0 aliphatic heterocycles. The van der Waals surface area contributed by atoms with Crippen LogP contribution in [-0.4, -0.2) is 24.7 Å². The first-order chi connectivity index (χ1) is 9.22. The molecule has 4 heteroatoms. The van der Waals surface area contributed by atoms with Crippen molar-refractivity contribution in [1.82, 2.24) is 0 Å². The smallest absolute Gasteiger partial charge is 0.224 e. The molecule has 0 atom stereocenters. The number of benzene rings is 2. The van der Waals surface area contributed by atoms with E-state index in [1.54, 1.807) is 7.11 Å². The highest BCUT2D eigenvalue weighted by molar-refractivity contribution is 5.94. The van der Waals surface area contributed by atoms with Crippen LogP contribution < -0.4 is 10.1 Å². The van der Waals surface area contributed by atoms with E-state index in [9.17, 15) is 4.79 Å². The molecular weight excluding hydrogens is 242 g/mol. The third kappa shape index (κ3) is 3.45. The van der Waals surface area contributed by atoms with E-state index >= 15 is 0 Å². The van der Waals surface area contributed by atoms with Crippen molar-refractivity contribution in [2.75, 3.05) is 19.0 Å². The van der Waals surface area contributed by atoms with Gasteiger partial charge >= 0.3 is 0 Å². The molecule has 0 saturated heterocycles. The maximum atomic E-state index is 11.6. The Kier molecular flexibility index (Phi) is 4.36. The van der Waals surface area contributed by atoms with Gasteiger partial charge in [0.15, 0.2) is 0 Å². The van der Waals surface area contributed by atoms with E-state index < -0.39 is 0 Å². The SMILES string of the molecule is COc1ccc2cc(NC(=O)CCCO)ccc2c1. The zero-order valence-corrected chi connectivity index (χ0v) is 10.8. The molecule has 2 aromatic rings. The third-order valence-electron chi connectivity index (χ3n) is 2.89. The lowest BCUT2D eigenvalue weighted by atomic mass is 10.1. The lowest BCUT2D eigenvalue weighted by Crippen LogP contribution is -2.11.